The van der Waals surface area contributed by atoms with Crippen molar-refractivity contribution in [3.8, 4) is 5.75 Å². The quantitative estimate of drug-likeness (QED) is 0.131. The summed E-state index contributed by atoms with van der Waals surface area (Å²) >= 11 is 9.12. The van der Waals surface area contributed by atoms with Crippen LogP contribution in [-0.4, -0.2) is 28.5 Å². The Kier molecular flexibility index (Phi) is 7.53. The van der Waals surface area contributed by atoms with Crippen LogP contribution in [0.5, 0.6) is 5.75 Å². The number of nitrogens with zero attached hydrogens (tertiary/aromatic N) is 1. The minimum Gasteiger partial charge on any atom is -0.508 e. The normalized spacial score (nSPS) is 28.0. The maximum atomic E-state index is 15.0. The number of phenols is 1. The number of allylic oxidation sites excluding steroid dienone is 4. The summed E-state index contributed by atoms with van der Waals surface area (Å²) in [5.74, 6) is -4.38. The summed E-state index contributed by atoms with van der Waals surface area (Å²) in [4.78, 5) is 59.7. The predicted molar refractivity (Wildman–Crippen MR) is 191 cm³/mol. The van der Waals surface area contributed by atoms with Crippen LogP contribution in [0.4, 0.5) is 5.69 Å². The van der Waals surface area contributed by atoms with E-state index >= 15 is 4.79 Å². The van der Waals surface area contributed by atoms with Gasteiger partial charge in [0.15, 0.2) is 11.6 Å². The van der Waals surface area contributed by atoms with Crippen molar-refractivity contribution in [2.45, 2.75) is 24.2 Å². The molecule has 8 heteroatoms. The molecule has 6 unspecified atom stereocenters. The summed E-state index contributed by atoms with van der Waals surface area (Å²) in [6.07, 6.45) is 4.02. The van der Waals surface area contributed by atoms with Gasteiger partial charge in [-0.15, -0.1) is 0 Å². The molecule has 1 saturated carbocycles. The van der Waals surface area contributed by atoms with Crippen LogP contribution in [0.3, 0.4) is 0 Å². The van der Waals surface area contributed by atoms with Crippen molar-refractivity contribution in [2.75, 3.05) is 4.90 Å². The van der Waals surface area contributed by atoms with Gasteiger partial charge in [-0.1, -0.05) is 90.0 Å². The summed E-state index contributed by atoms with van der Waals surface area (Å²) < 4.78 is 0.984. The molecule has 238 valence electrons. The Morgan fingerprint density at radius 1 is 0.812 bits per heavy atom. The summed E-state index contributed by atoms with van der Waals surface area (Å²) in [6.45, 7) is 0. The largest absolute Gasteiger partial charge is 0.508 e. The van der Waals surface area contributed by atoms with Gasteiger partial charge in [-0.2, -0.15) is 0 Å². The van der Waals surface area contributed by atoms with Gasteiger partial charge in [-0.05, 0) is 101 Å². The van der Waals surface area contributed by atoms with Crippen LogP contribution >= 0.6 is 34.2 Å². The topological polar surface area (TPSA) is 91.8 Å². The van der Waals surface area contributed by atoms with Crippen molar-refractivity contribution in [1.82, 2.24) is 0 Å². The van der Waals surface area contributed by atoms with Gasteiger partial charge in [-0.25, -0.2) is 0 Å². The number of imide groups is 1. The van der Waals surface area contributed by atoms with E-state index in [1.54, 1.807) is 18.2 Å². The average Bonchev–Trinajstić information content (AvgIpc) is 3.36. The Morgan fingerprint density at radius 3 is 2.19 bits per heavy atom. The third-order valence-corrected chi connectivity index (χ3v) is 11.8. The first-order valence-corrected chi connectivity index (χ1v) is 17.4. The highest BCUT2D eigenvalue weighted by atomic mass is 127. The van der Waals surface area contributed by atoms with Crippen molar-refractivity contribution in [3.05, 3.63) is 146 Å². The first-order chi connectivity index (χ1) is 23.2. The molecule has 48 heavy (non-hydrogen) atoms. The van der Waals surface area contributed by atoms with Gasteiger partial charge < -0.3 is 5.11 Å². The molecule has 4 aromatic rings. The van der Waals surface area contributed by atoms with E-state index in [1.807, 2.05) is 78.9 Å². The van der Waals surface area contributed by atoms with E-state index in [0.717, 1.165) is 9.14 Å². The number of carbonyl (C=O) groups is 4. The lowest BCUT2D eigenvalue weighted by atomic mass is 9.44. The average molecular weight is 766 g/mol. The zero-order valence-corrected chi connectivity index (χ0v) is 28.5. The third kappa shape index (κ3) is 4.50. The highest BCUT2D eigenvalue weighted by Gasteiger charge is 2.66. The van der Waals surface area contributed by atoms with Crippen molar-refractivity contribution < 1.29 is 24.3 Å². The molecular weight excluding hydrogens is 737 g/mol. The molecule has 4 aromatic carbocycles. The molecule has 1 N–H and O–H groups in total. The lowest BCUT2D eigenvalue weighted by molar-refractivity contribution is -0.135. The number of amides is 2. The molecule has 6 nitrogen and oxygen atoms in total. The molecule has 0 radical (unpaired) electrons. The highest BCUT2D eigenvalue weighted by molar-refractivity contribution is 14.1. The van der Waals surface area contributed by atoms with Crippen LogP contribution in [0.15, 0.2) is 121 Å². The van der Waals surface area contributed by atoms with Crippen LogP contribution < -0.4 is 4.90 Å². The Balaban J connectivity index is 1.36. The maximum absolute atomic E-state index is 15.0. The molecule has 0 bridgehead atoms. The van der Waals surface area contributed by atoms with E-state index in [-0.39, 0.29) is 40.6 Å². The second-order valence-electron chi connectivity index (χ2n) is 13.0. The molecule has 1 heterocycles. The number of fused-ring (bicyclic) bond motifs is 4. The molecular formula is C40H29ClINO5. The van der Waals surface area contributed by atoms with Gasteiger partial charge >= 0.3 is 0 Å². The molecule has 4 aliphatic rings. The van der Waals surface area contributed by atoms with Crippen LogP contribution in [0.2, 0.25) is 5.02 Å². The van der Waals surface area contributed by atoms with Crippen LogP contribution in [0.1, 0.15) is 35.4 Å². The standard InChI is InChI=1S/C40H29ClINO5/c41-33-19-26(44)15-16-28(33)36-27-17-18-29-35(39(48)43(38(29)47)25-13-11-24(42)12-14-25)31(27)20-32-37(46)30(22-7-3-1-4-8-22)21-34(45)40(32,36)23-9-5-2-6-10-23/h1-17,19,21,29,31-32,35-36,44H,18,20H2. The van der Waals surface area contributed by atoms with E-state index < -0.39 is 35.0 Å². The van der Waals surface area contributed by atoms with E-state index in [0.29, 0.717) is 34.4 Å². The predicted octanol–water partition coefficient (Wildman–Crippen LogP) is 7.68. The molecule has 6 atom stereocenters. The smallest absolute Gasteiger partial charge is 0.238 e. The van der Waals surface area contributed by atoms with Crippen molar-refractivity contribution in [3.63, 3.8) is 0 Å². The number of hydrogen-bond acceptors (Lipinski definition) is 5. The Labute approximate surface area is 296 Å². The molecule has 3 aliphatic carbocycles. The fourth-order valence-corrected chi connectivity index (χ4v) is 9.46. The molecule has 0 aromatic heterocycles. The minimum atomic E-state index is -1.38. The highest BCUT2D eigenvalue weighted by Crippen LogP contribution is 2.64. The maximum Gasteiger partial charge on any atom is 0.238 e. The molecule has 8 rings (SSSR count). The minimum absolute atomic E-state index is 0.0267. The first kappa shape index (κ1) is 31.0. The third-order valence-electron chi connectivity index (χ3n) is 10.8. The van der Waals surface area contributed by atoms with Crippen LogP contribution in [-0.2, 0) is 24.6 Å². The van der Waals surface area contributed by atoms with Gasteiger partial charge in [0, 0.05) is 26.0 Å². The van der Waals surface area contributed by atoms with Crippen molar-refractivity contribution in [1.29, 1.82) is 0 Å². The number of halogens is 2. The lowest BCUT2D eigenvalue weighted by Crippen LogP contribution is -2.58. The molecule has 2 fully saturated rings. The van der Waals surface area contributed by atoms with Gasteiger partial charge in [0.1, 0.15) is 5.75 Å². The van der Waals surface area contributed by atoms with E-state index in [1.165, 1.54) is 23.1 Å². The second-order valence-corrected chi connectivity index (χ2v) is 14.6. The van der Waals surface area contributed by atoms with Gasteiger partial charge in [-0.3, -0.25) is 24.1 Å². The number of ketones is 2. The van der Waals surface area contributed by atoms with Crippen LogP contribution in [0.25, 0.3) is 5.57 Å². The summed E-state index contributed by atoms with van der Waals surface area (Å²) in [5.41, 5.74) is 2.22. The Bertz CT molecular complexity index is 2080. The van der Waals surface area contributed by atoms with E-state index in [2.05, 4.69) is 22.6 Å². The summed E-state index contributed by atoms with van der Waals surface area (Å²) in [5, 5.41) is 10.6. The molecule has 0 spiro atoms. The van der Waals surface area contributed by atoms with E-state index in [4.69, 9.17) is 11.6 Å². The fourth-order valence-electron chi connectivity index (χ4n) is 8.81. The van der Waals surface area contributed by atoms with Gasteiger partial charge in [0.25, 0.3) is 0 Å². The first-order valence-electron chi connectivity index (χ1n) is 15.9. The number of Topliss-reactive ketones (excluding diaryl/α,β-unsaturated/α-hetero) is 1. The Morgan fingerprint density at radius 2 is 1.50 bits per heavy atom. The number of phenolic OH excluding ortho intramolecular Hbond substituents is 1. The monoisotopic (exact) mass is 765 g/mol. The number of rotatable bonds is 4. The molecule has 1 saturated heterocycles. The lowest BCUT2D eigenvalue weighted by Gasteiger charge is -2.55. The zero-order chi connectivity index (χ0) is 33.3. The van der Waals surface area contributed by atoms with Crippen LogP contribution in [0, 0.1) is 27.2 Å². The second kappa shape index (κ2) is 11.7. The van der Waals surface area contributed by atoms with Crippen molar-refractivity contribution in [2.24, 2.45) is 23.7 Å². The SMILES string of the molecule is O=C1C(c2ccccc2)=CC(=O)C2(c3ccccc3)C1CC1C(=CCC3C(=O)N(c4ccc(I)cc4)C(=O)C31)C2c1ccc(O)cc1Cl. The summed E-state index contributed by atoms with van der Waals surface area (Å²) in [7, 11) is 0. The molecule has 2 amide bonds. The zero-order valence-electron chi connectivity index (χ0n) is 25.6. The number of anilines is 1. The van der Waals surface area contributed by atoms with Gasteiger partial charge in [0.05, 0.1) is 22.9 Å². The van der Waals surface area contributed by atoms with Crippen molar-refractivity contribution >= 4 is 68.8 Å². The number of hydrogen-bond donors (Lipinski definition) is 1. The fraction of sp³-hybridized carbons (Fsp3) is 0.200. The number of carbonyl (C=O) groups excluding carboxylic acids is 4. The molecule has 1 aliphatic heterocycles. The van der Waals surface area contributed by atoms with Gasteiger partial charge in [0.2, 0.25) is 11.8 Å². The number of aromatic hydroxyl groups is 1. The Hall–Kier alpha value is -4.34. The number of benzene rings is 4. The summed E-state index contributed by atoms with van der Waals surface area (Å²) in [6, 6.07) is 30.5. The van der Waals surface area contributed by atoms with E-state index in [9.17, 15) is 19.5 Å².